The lowest BCUT2D eigenvalue weighted by Crippen LogP contribution is -2.56. The Morgan fingerprint density at radius 2 is 2.44 bits per heavy atom. The van der Waals surface area contributed by atoms with Gasteiger partial charge in [0.05, 0.1) is 0 Å². The first-order chi connectivity index (χ1) is 7.70. The Balaban J connectivity index is 1.95. The maximum atomic E-state index is 11.3. The highest BCUT2D eigenvalue weighted by Gasteiger charge is 2.34. The van der Waals surface area contributed by atoms with E-state index in [1.54, 1.807) is 0 Å². The normalized spacial score (nSPS) is 30.9. The number of carbonyl (C=O) groups excluding carboxylic acids is 1. The molecule has 2 aliphatic heterocycles. The van der Waals surface area contributed by atoms with E-state index < -0.39 is 0 Å². The minimum absolute atomic E-state index is 0.199. The lowest BCUT2D eigenvalue weighted by Gasteiger charge is -2.41. The summed E-state index contributed by atoms with van der Waals surface area (Å²) in [4.78, 5) is 17.6. The van der Waals surface area contributed by atoms with Crippen molar-refractivity contribution in [1.82, 2.24) is 10.2 Å². The number of hydrogen-bond acceptors (Lipinski definition) is 2. The van der Waals surface area contributed by atoms with E-state index in [9.17, 15) is 4.79 Å². The topological polar surface area (TPSA) is 70.7 Å². The third-order valence-corrected chi connectivity index (χ3v) is 3.47. The molecule has 16 heavy (non-hydrogen) atoms. The molecule has 0 aromatic rings. The highest BCUT2D eigenvalue weighted by Crippen LogP contribution is 2.24. The minimum Gasteiger partial charge on any atom is -0.370 e. The minimum atomic E-state index is 0.199. The number of rotatable bonds is 1. The second-order valence-corrected chi connectivity index (χ2v) is 4.54. The summed E-state index contributed by atoms with van der Waals surface area (Å²) < 4.78 is 0. The molecule has 0 bridgehead atoms. The zero-order chi connectivity index (χ0) is 11.5. The molecule has 5 nitrogen and oxygen atoms in total. The molecular weight excluding hydrogens is 204 g/mol. The van der Waals surface area contributed by atoms with Crippen molar-refractivity contribution < 1.29 is 4.79 Å². The maximum absolute atomic E-state index is 11.3. The van der Waals surface area contributed by atoms with Crippen molar-refractivity contribution in [3.63, 3.8) is 0 Å². The fourth-order valence-corrected chi connectivity index (χ4v) is 2.58. The van der Waals surface area contributed by atoms with Crippen molar-refractivity contribution in [2.45, 2.75) is 32.2 Å². The third kappa shape index (κ3) is 2.28. The van der Waals surface area contributed by atoms with Crippen LogP contribution in [0.1, 0.15) is 26.2 Å². The van der Waals surface area contributed by atoms with Crippen LogP contribution in [-0.4, -0.2) is 42.4 Å². The van der Waals surface area contributed by atoms with Gasteiger partial charge in [0.25, 0.3) is 0 Å². The molecule has 0 radical (unpaired) electrons. The van der Waals surface area contributed by atoms with Crippen molar-refractivity contribution >= 4 is 11.9 Å². The quantitative estimate of drug-likeness (QED) is 0.483. The van der Waals surface area contributed by atoms with Gasteiger partial charge in [0.2, 0.25) is 5.91 Å². The van der Waals surface area contributed by atoms with Crippen LogP contribution in [0.3, 0.4) is 0 Å². The Morgan fingerprint density at radius 3 is 3.19 bits per heavy atom. The molecule has 1 amide bonds. The van der Waals surface area contributed by atoms with Crippen molar-refractivity contribution in [3.05, 3.63) is 0 Å². The Labute approximate surface area is 96.1 Å². The van der Waals surface area contributed by atoms with E-state index in [-0.39, 0.29) is 5.91 Å². The molecule has 0 spiro atoms. The van der Waals surface area contributed by atoms with Gasteiger partial charge in [0, 0.05) is 32.1 Å². The molecule has 2 unspecified atom stereocenters. The average molecular weight is 224 g/mol. The summed E-state index contributed by atoms with van der Waals surface area (Å²) in [7, 11) is 0. The van der Waals surface area contributed by atoms with Crippen LogP contribution in [-0.2, 0) is 4.79 Å². The summed E-state index contributed by atoms with van der Waals surface area (Å²) in [6, 6.07) is 0.354. The number of nitrogens with two attached hydrogens (primary N) is 1. The van der Waals surface area contributed by atoms with E-state index in [0.717, 1.165) is 32.5 Å². The second kappa shape index (κ2) is 4.72. The maximum Gasteiger partial charge on any atom is 0.220 e. The molecule has 0 aromatic carbocycles. The fourth-order valence-electron chi connectivity index (χ4n) is 2.58. The molecule has 5 heteroatoms. The molecule has 2 saturated heterocycles. The summed E-state index contributed by atoms with van der Waals surface area (Å²) >= 11 is 0. The van der Waals surface area contributed by atoms with Crippen molar-refractivity contribution in [2.75, 3.05) is 19.6 Å². The SMILES string of the molecule is CCN=C(N)N1CCC2NC(=O)CCC2C1. The standard InChI is InChI=1S/C11H20N4O/c1-2-13-11(12)15-6-5-9-8(7-15)3-4-10(16)14-9/h8-9H,2-7H2,1H3,(H2,12,13)(H,14,16). The lowest BCUT2D eigenvalue weighted by molar-refractivity contribution is -0.125. The predicted octanol–water partition coefficient (Wildman–Crippen LogP) is -0.0785. The zero-order valence-corrected chi connectivity index (χ0v) is 9.78. The number of piperidine rings is 2. The predicted molar refractivity (Wildman–Crippen MR) is 63.0 cm³/mol. The van der Waals surface area contributed by atoms with Crippen molar-refractivity contribution in [2.24, 2.45) is 16.6 Å². The van der Waals surface area contributed by atoms with E-state index >= 15 is 0 Å². The van der Waals surface area contributed by atoms with Crippen LogP contribution in [0.4, 0.5) is 0 Å². The summed E-state index contributed by atoms with van der Waals surface area (Å²) in [6.45, 7) is 4.55. The Morgan fingerprint density at radius 1 is 1.62 bits per heavy atom. The number of carbonyl (C=O) groups is 1. The first-order valence-electron chi connectivity index (χ1n) is 6.05. The Kier molecular flexibility index (Phi) is 3.31. The van der Waals surface area contributed by atoms with Crippen LogP contribution >= 0.6 is 0 Å². The summed E-state index contributed by atoms with van der Waals surface area (Å²) in [5, 5.41) is 3.06. The molecule has 2 rings (SSSR count). The first kappa shape index (κ1) is 11.2. The number of hydrogen-bond donors (Lipinski definition) is 2. The number of likely N-dealkylation sites (tertiary alicyclic amines) is 1. The average Bonchev–Trinajstić information content (AvgIpc) is 2.28. The van der Waals surface area contributed by atoms with E-state index in [1.165, 1.54) is 0 Å². The number of nitrogens with one attached hydrogen (secondary N) is 1. The highest BCUT2D eigenvalue weighted by molar-refractivity contribution is 5.79. The van der Waals surface area contributed by atoms with Gasteiger partial charge < -0.3 is 16.0 Å². The van der Waals surface area contributed by atoms with Gasteiger partial charge >= 0.3 is 0 Å². The summed E-state index contributed by atoms with van der Waals surface area (Å²) in [5.41, 5.74) is 5.90. The van der Waals surface area contributed by atoms with Crippen LogP contribution < -0.4 is 11.1 Å². The molecule has 2 aliphatic rings. The van der Waals surface area contributed by atoms with Crippen molar-refractivity contribution in [1.29, 1.82) is 0 Å². The largest absolute Gasteiger partial charge is 0.370 e. The van der Waals surface area contributed by atoms with Gasteiger partial charge in [-0.05, 0) is 25.7 Å². The molecule has 2 atom stereocenters. The van der Waals surface area contributed by atoms with E-state index in [0.29, 0.717) is 24.3 Å². The Hall–Kier alpha value is -1.26. The smallest absolute Gasteiger partial charge is 0.220 e. The van der Waals surface area contributed by atoms with E-state index in [4.69, 9.17) is 5.73 Å². The number of nitrogens with zero attached hydrogens (tertiary/aromatic N) is 2. The van der Waals surface area contributed by atoms with Gasteiger partial charge in [-0.2, -0.15) is 0 Å². The van der Waals surface area contributed by atoms with Gasteiger partial charge in [-0.15, -0.1) is 0 Å². The second-order valence-electron chi connectivity index (χ2n) is 4.54. The monoisotopic (exact) mass is 224 g/mol. The molecule has 0 aliphatic carbocycles. The van der Waals surface area contributed by atoms with Crippen LogP contribution in [0.15, 0.2) is 4.99 Å². The summed E-state index contributed by atoms with van der Waals surface area (Å²) in [6.07, 6.45) is 2.61. The zero-order valence-electron chi connectivity index (χ0n) is 9.78. The van der Waals surface area contributed by atoms with E-state index in [1.807, 2.05) is 6.92 Å². The van der Waals surface area contributed by atoms with E-state index in [2.05, 4.69) is 15.2 Å². The molecular formula is C11H20N4O. The summed E-state index contributed by atoms with van der Waals surface area (Å²) in [5.74, 6) is 1.39. The van der Waals surface area contributed by atoms with Gasteiger partial charge in [0.15, 0.2) is 5.96 Å². The van der Waals surface area contributed by atoms with Gasteiger partial charge in [0.1, 0.15) is 0 Å². The van der Waals surface area contributed by atoms with Gasteiger partial charge in [-0.25, -0.2) is 0 Å². The highest BCUT2D eigenvalue weighted by atomic mass is 16.1. The molecule has 0 aromatic heterocycles. The number of fused-ring (bicyclic) bond motifs is 1. The fraction of sp³-hybridized carbons (Fsp3) is 0.818. The lowest BCUT2D eigenvalue weighted by atomic mass is 9.85. The van der Waals surface area contributed by atoms with Crippen molar-refractivity contribution in [3.8, 4) is 0 Å². The molecule has 2 fully saturated rings. The molecule has 90 valence electrons. The van der Waals surface area contributed by atoms with Crippen LogP contribution in [0.25, 0.3) is 0 Å². The first-order valence-corrected chi connectivity index (χ1v) is 6.05. The van der Waals surface area contributed by atoms with Crippen LogP contribution in [0.5, 0.6) is 0 Å². The molecule has 3 N–H and O–H groups in total. The number of amides is 1. The number of guanidine groups is 1. The Bertz CT molecular complexity index is 302. The third-order valence-electron chi connectivity index (χ3n) is 3.47. The van der Waals surface area contributed by atoms with Crippen LogP contribution in [0.2, 0.25) is 0 Å². The molecule has 2 heterocycles. The van der Waals surface area contributed by atoms with Crippen LogP contribution in [0, 0.1) is 5.92 Å². The van der Waals surface area contributed by atoms with Gasteiger partial charge in [-0.3, -0.25) is 9.79 Å². The number of aliphatic imine (C=N–C) groups is 1. The van der Waals surface area contributed by atoms with Gasteiger partial charge in [-0.1, -0.05) is 0 Å². The molecule has 0 saturated carbocycles.